The molecule has 2 aromatic rings. The molecule has 0 unspecified atom stereocenters. The van der Waals surface area contributed by atoms with Gasteiger partial charge in [0.05, 0.1) is 5.69 Å². The quantitative estimate of drug-likeness (QED) is 0.717. The van der Waals surface area contributed by atoms with E-state index in [1.165, 1.54) is 0 Å². The van der Waals surface area contributed by atoms with Gasteiger partial charge >= 0.3 is 0 Å². The Labute approximate surface area is 79.9 Å². The summed E-state index contributed by atoms with van der Waals surface area (Å²) < 4.78 is 6.81. The molecule has 2 aromatic heterocycles. The Hall–Kier alpha value is -1.92. The van der Waals surface area contributed by atoms with Crippen molar-refractivity contribution in [1.82, 2.24) is 25.2 Å². The molecule has 2 heterocycles. The van der Waals surface area contributed by atoms with Gasteiger partial charge in [-0.05, 0) is 6.92 Å². The second kappa shape index (κ2) is 3.09. The van der Waals surface area contributed by atoms with Crippen LogP contribution in [0.3, 0.4) is 0 Å². The van der Waals surface area contributed by atoms with Crippen LogP contribution in [0.5, 0.6) is 0 Å². The van der Waals surface area contributed by atoms with Crippen molar-refractivity contribution in [3.8, 4) is 0 Å². The largest absolute Gasteiger partial charge is 0.424 e. The molecule has 0 bridgehead atoms. The zero-order valence-corrected chi connectivity index (χ0v) is 7.93. The molecule has 0 aliphatic heterocycles. The van der Waals surface area contributed by atoms with Gasteiger partial charge < -0.3 is 10.2 Å². The number of aryl methyl sites for hydroxylation is 1. The molecule has 7 nitrogen and oxygen atoms in total. The van der Waals surface area contributed by atoms with Crippen LogP contribution >= 0.6 is 0 Å². The minimum atomic E-state index is 0.400. The van der Waals surface area contributed by atoms with Crippen LogP contribution < -0.4 is 5.73 Å². The molecule has 0 aliphatic carbocycles. The summed E-state index contributed by atoms with van der Waals surface area (Å²) in [5.74, 6) is 1.45. The summed E-state index contributed by atoms with van der Waals surface area (Å²) in [6.45, 7) is 3.97. The van der Waals surface area contributed by atoms with Crippen molar-refractivity contribution in [1.29, 1.82) is 0 Å². The highest BCUT2D eigenvalue weighted by Gasteiger charge is 2.08. The third-order valence-corrected chi connectivity index (χ3v) is 1.87. The van der Waals surface area contributed by atoms with Crippen molar-refractivity contribution >= 4 is 5.82 Å². The van der Waals surface area contributed by atoms with E-state index in [0.29, 0.717) is 24.1 Å². The van der Waals surface area contributed by atoms with Crippen LogP contribution in [-0.4, -0.2) is 25.2 Å². The zero-order chi connectivity index (χ0) is 10.1. The fourth-order valence-corrected chi connectivity index (χ4v) is 1.05. The third kappa shape index (κ3) is 1.43. The molecular formula is C7H10N6O. The van der Waals surface area contributed by atoms with Crippen LogP contribution in [0, 0.1) is 13.8 Å². The Morgan fingerprint density at radius 2 is 2.07 bits per heavy atom. The van der Waals surface area contributed by atoms with Crippen LogP contribution in [0.15, 0.2) is 4.42 Å². The second-order valence-electron chi connectivity index (χ2n) is 2.93. The topological polar surface area (TPSA) is 95.7 Å². The molecule has 0 amide bonds. The molecule has 2 rings (SSSR count). The first-order valence-electron chi connectivity index (χ1n) is 4.11. The predicted molar refractivity (Wildman–Crippen MR) is 47.3 cm³/mol. The first kappa shape index (κ1) is 8.67. The highest BCUT2D eigenvalue weighted by atomic mass is 16.4. The van der Waals surface area contributed by atoms with E-state index in [1.54, 1.807) is 11.6 Å². The van der Waals surface area contributed by atoms with Gasteiger partial charge in [-0.15, -0.1) is 15.3 Å². The molecule has 0 aliphatic rings. The average molecular weight is 194 g/mol. The lowest BCUT2D eigenvalue weighted by Gasteiger charge is -1.97. The van der Waals surface area contributed by atoms with Crippen LogP contribution in [0.25, 0.3) is 0 Å². The van der Waals surface area contributed by atoms with E-state index in [-0.39, 0.29) is 0 Å². The highest BCUT2D eigenvalue weighted by Crippen LogP contribution is 2.07. The summed E-state index contributed by atoms with van der Waals surface area (Å²) in [4.78, 5) is 0. The van der Waals surface area contributed by atoms with Gasteiger partial charge in [0.15, 0.2) is 5.82 Å². The zero-order valence-electron chi connectivity index (χ0n) is 7.93. The molecule has 0 radical (unpaired) electrons. The number of hydrogen-bond acceptors (Lipinski definition) is 6. The van der Waals surface area contributed by atoms with Crippen molar-refractivity contribution in [3.05, 3.63) is 17.5 Å². The second-order valence-corrected chi connectivity index (χ2v) is 2.93. The molecule has 0 atom stereocenters. The van der Waals surface area contributed by atoms with Crippen molar-refractivity contribution in [2.75, 3.05) is 5.73 Å². The SMILES string of the molecule is Cc1nnc(Cn2nnc(N)c2C)o1. The normalized spacial score (nSPS) is 10.7. The monoisotopic (exact) mass is 194 g/mol. The Kier molecular flexibility index (Phi) is 1.91. The van der Waals surface area contributed by atoms with Crippen LogP contribution in [-0.2, 0) is 6.54 Å². The minimum Gasteiger partial charge on any atom is -0.424 e. The number of aromatic nitrogens is 5. The van der Waals surface area contributed by atoms with E-state index in [4.69, 9.17) is 10.2 Å². The van der Waals surface area contributed by atoms with Gasteiger partial charge in [-0.1, -0.05) is 5.21 Å². The van der Waals surface area contributed by atoms with E-state index >= 15 is 0 Å². The summed E-state index contributed by atoms with van der Waals surface area (Å²) >= 11 is 0. The van der Waals surface area contributed by atoms with Gasteiger partial charge in [0.2, 0.25) is 11.8 Å². The molecular weight excluding hydrogens is 184 g/mol. The van der Waals surface area contributed by atoms with E-state index in [0.717, 1.165) is 5.69 Å². The maximum atomic E-state index is 5.54. The first-order chi connectivity index (χ1) is 6.66. The van der Waals surface area contributed by atoms with Crippen molar-refractivity contribution in [3.63, 3.8) is 0 Å². The van der Waals surface area contributed by atoms with Gasteiger partial charge in [-0.3, -0.25) is 0 Å². The lowest BCUT2D eigenvalue weighted by Crippen LogP contribution is -2.04. The number of nitrogens with two attached hydrogens (primary N) is 1. The van der Waals surface area contributed by atoms with Gasteiger partial charge in [0, 0.05) is 6.92 Å². The number of nitrogens with zero attached hydrogens (tertiary/aromatic N) is 5. The predicted octanol–water partition coefficient (Wildman–Crippen LogP) is -0.0916. The highest BCUT2D eigenvalue weighted by molar-refractivity contribution is 5.31. The first-order valence-corrected chi connectivity index (χ1v) is 4.11. The lowest BCUT2D eigenvalue weighted by molar-refractivity contribution is 0.438. The molecule has 7 heteroatoms. The minimum absolute atomic E-state index is 0.400. The van der Waals surface area contributed by atoms with Gasteiger partial charge in [0.1, 0.15) is 6.54 Å². The molecule has 0 spiro atoms. The fourth-order valence-electron chi connectivity index (χ4n) is 1.05. The lowest BCUT2D eigenvalue weighted by atomic mass is 10.5. The Morgan fingerprint density at radius 1 is 1.29 bits per heavy atom. The number of hydrogen-bond donors (Lipinski definition) is 1. The summed E-state index contributed by atoms with van der Waals surface area (Å²) in [5.41, 5.74) is 6.33. The number of anilines is 1. The summed E-state index contributed by atoms with van der Waals surface area (Å²) in [6.07, 6.45) is 0. The van der Waals surface area contributed by atoms with Gasteiger partial charge in [0.25, 0.3) is 0 Å². The Balaban J connectivity index is 2.22. The molecule has 14 heavy (non-hydrogen) atoms. The maximum absolute atomic E-state index is 5.54. The maximum Gasteiger partial charge on any atom is 0.237 e. The Morgan fingerprint density at radius 3 is 2.57 bits per heavy atom. The molecule has 0 saturated heterocycles. The fraction of sp³-hybridized carbons (Fsp3) is 0.429. The Bertz CT molecular complexity index is 445. The summed E-state index contributed by atoms with van der Waals surface area (Å²) in [7, 11) is 0. The van der Waals surface area contributed by atoms with E-state index in [1.807, 2.05) is 6.92 Å². The van der Waals surface area contributed by atoms with Crippen LogP contribution in [0.4, 0.5) is 5.82 Å². The molecule has 0 aromatic carbocycles. The van der Waals surface area contributed by atoms with Crippen molar-refractivity contribution in [2.45, 2.75) is 20.4 Å². The summed E-state index contributed by atoms with van der Waals surface area (Å²) in [5, 5.41) is 15.1. The molecule has 2 N–H and O–H groups in total. The van der Waals surface area contributed by atoms with E-state index in [9.17, 15) is 0 Å². The van der Waals surface area contributed by atoms with Gasteiger partial charge in [-0.25, -0.2) is 4.68 Å². The van der Waals surface area contributed by atoms with Crippen molar-refractivity contribution in [2.24, 2.45) is 0 Å². The summed E-state index contributed by atoms with van der Waals surface area (Å²) in [6, 6.07) is 0. The number of nitrogen functional groups attached to an aromatic ring is 1. The van der Waals surface area contributed by atoms with Crippen molar-refractivity contribution < 1.29 is 4.42 Å². The molecule has 0 fully saturated rings. The molecule has 74 valence electrons. The smallest absolute Gasteiger partial charge is 0.237 e. The average Bonchev–Trinajstić information content (AvgIpc) is 2.67. The van der Waals surface area contributed by atoms with Crippen LogP contribution in [0.2, 0.25) is 0 Å². The standard InChI is InChI=1S/C7H10N6O/c1-4-7(8)11-12-13(4)3-6-10-9-5(2)14-6/h3,8H2,1-2H3. The van der Waals surface area contributed by atoms with Gasteiger partial charge in [-0.2, -0.15) is 0 Å². The van der Waals surface area contributed by atoms with E-state index < -0.39 is 0 Å². The number of rotatable bonds is 2. The van der Waals surface area contributed by atoms with E-state index in [2.05, 4.69) is 20.5 Å². The third-order valence-electron chi connectivity index (χ3n) is 1.87. The van der Waals surface area contributed by atoms with Crippen LogP contribution in [0.1, 0.15) is 17.5 Å². The molecule has 0 saturated carbocycles.